The van der Waals surface area contributed by atoms with Gasteiger partial charge in [0, 0.05) is 7.05 Å². The number of epoxide rings is 2. The molecule has 0 N–H and O–H groups in total. The summed E-state index contributed by atoms with van der Waals surface area (Å²) in [7, 11) is 1.82. The number of ether oxygens (including phenoxy) is 5. The number of esters is 1. The van der Waals surface area contributed by atoms with Crippen LogP contribution in [0.5, 0.6) is 0 Å². The van der Waals surface area contributed by atoms with Crippen LogP contribution >= 0.6 is 0 Å². The van der Waals surface area contributed by atoms with E-state index in [-0.39, 0.29) is 18.8 Å². The second-order valence-corrected chi connectivity index (χ2v) is 6.77. The third kappa shape index (κ3) is 7.51. The molecule has 0 amide bonds. The first-order valence-electron chi connectivity index (χ1n) is 9.41. The van der Waals surface area contributed by atoms with E-state index in [4.69, 9.17) is 23.7 Å². The standard InChI is InChI=1S/C19H27N3O6/c1-14-3-4-15(19(23)26-8-7-25-11-17-13-28-17)9-18(14)20-21-22(2)5-6-24-10-16-12-27-16/h3-4,9,16-17H,5-8,10-13H2,1-2H3/b21-20+. The summed E-state index contributed by atoms with van der Waals surface area (Å²) < 4.78 is 26.2. The predicted molar refractivity (Wildman–Crippen MR) is 99.7 cm³/mol. The average molecular weight is 393 g/mol. The molecule has 2 atom stereocenters. The number of benzene rings is 1. The highest BCUT2D eigenvalue weighted by atomic mass is 16.6. The Labute approximate surface area is 164 Å². The van der Waals surface area contributed by atoms with E-state index in [9.17, 15) is 4.79 Å². The SMILES string of the molecule is Cc1ccc(C(=O)OCCOCC2CO2)cc1/N=N/N(C)CCOCC1CO1. The fraction of sp³-hybridized carbons (Fsp3) is 0.632. The number of hydrogen-bond donors (Lipinski definition) is 0. The van der Waals surface area contributed by atoms with Crippen LogP contribution in [-0.2, 0) is 23.7 Å². The van der Waals surface area contributed by atoms with E-state index < -0.39 is 5.97 Å². The summed E-state index contributed by atoms with van der Waals surface area (Å²) in [6.45, 7) is 6.32. The molecule has 2 aliphatic rings. The van der Waals surface area contributed by atoms with Gasteiger partial charge in [0.25, 0.3) is 0 Å². The van der Waals surface area contributed by atoms with Crippen molar-refractivity contribution in [1.29, 1.82) is 0 Å². The highest BCUT2D eigenvalue weighted by Gasteiger charge is 2.22. The lowest BCUT2D eigenvalue weighted by Gasteiger charge is -2.11. The molecule has 3 rings (SSSR count). The minimum Gasteiger partial charge on any atom is -0.460 e. The van der Waals surface area contributed by atoms with Crippen LogP contribution in [0.4, 0.5) is 5.69 Å². The van der Waals surface area contributed by atoms with Crippen LogP contribution in [0.2, 0.25) is 0 Å². The summed E-state index contributed by atoms with van der Waals surface area (Å²) in [5.74, 6) is -0.410. The van der Waals surface area contributed by atoms with Gasteiger partial charge in [-0.05, 0) is 24.6 Å². The number of rotatable bonds is 13. The quantitative estimate of drug-likeness (QED) is 0.166. The van der Waals surface area contributed by atoms with Crippen molar-refractivity contribution < 1.29 is 28.5 Å². The van der Waals surface area contributed by atoms with Crippen LogP contribution in [0.3, 0.4) is 0 Å². The fourth-order valence-electron chi connectivity index (χ4n) is 2.24. The van der Waals surface area contributed by atoms with Gasteiger partial charge in [-0.1, -0.05) is 11.3 Å². The van der Waals surface area contributed by atoms with E-state index >= 15 is 0 Å². The highest BCUT2D eigenvalue weighted by molar-refractivity contribution is 5.90. The van der Waals surface area contributed by atoms with Gasteiger partial charge in [-0.3, -0.25) is 5.01 Å². The summed E-state index contributed by atoms with van der Waals surface area (Å²) in [6, 6.07) is 5.21. The zero-order valence-electron chi connectivity index (χ0n) is 16.3. The molecule has 2 heterocycles. The molecule has 2 aliphatic heterocycles. The van der Waals surface area contributed by atoms with Crippen molar-refractivity contribution >= 4 is 11.7 Å². The summed E-state index contributed by atoms with van der Waals surface area (Å²) in [5.41, 5.74) is 1.97. The maximum absolute atomic E-state index is 12.2. The van der Waals surface area contributed by atoms with Gasteiger partial charge in [0.15, 0.2) is 0 Å². The molecule has 154 valence electrons. The minimum atomic E-state index is -0.410. The topological polar surface area (TPSA) is 97.8 Å². The van der Waals surface area contributed by atoms with Gasteiger partial charge in [-0.15, -0.1) is 5.11 Å². The normalized spacial score (nSPS) is 20.4. The Morgan fingerprint density at radius 1 is 1.14 bits per heavy atom. The van der Waals surface area contributed by atoms with E-state index in [0.717, 1.165) is 18.8 Å². The van der Waals surface area contributed by atoms with Crippen molar-refractivity contribution in [2.45, 2.75) is 19.1 Å². The second-order valence-electron chi connectivity index (χ2n) is 6.77. The summed E-state index contributed by atoms with van der Waals surface area (Å²) in [6.07, 6.45) is 0.466. The zero-order chi connectivity index (χ0) is 19.8. The largest absolute Gasteiger partial charge is 0.460 e. The first-order chi connectivity index (χ1) is 13.6. The van der Waals surface area contributed by atoms with Crippen LogP contribution in [0, 0.1) is 6.92 Å². The monoisotopic (exact) mass is 393 g/mol. The Balaban J connectivity index is 1.40. The Bertz CT molecular complexity index is 676. The Morgan fingerprint density at radius 2 is 1.82 bits per heavy atom. The van der Waals surface area contributed by atoms with Gasteiger partial charge in [0.2, 0.25) is 0 Å². The molecular weight excluding hydrogens is 366 g/mol. The minimum absolute atomic E-state index is 0.199. The number of aryl methyl sites for hydroxylation is 1. The third-order valence-electron chi connectivity index (χ3n) is 4.18. The highest BCUT2D eigenvalue weighted by Crippen LogP contribution is 2.21. The predicted octanol–water partition coefficient (Wildman–Crippen LogP) is 1.91. The molecule has 0 aliphatic carbocycles. The fourth-order valence-corrected chi connectivity index (χ4v) is 2.24. The lowest BCUT2D eigenvalue weighted by atomic mass is 10.1. The van der Waals surface area contributed by atoms with Crippen molar-refractivity contribution in [2.75, 3.05) is 59.8 Å². The van der Waals surface area contributed by atoms with Crippen molar-refractivity contribution in [2.24, 2.45) is 10.3 Å². The van der Waals surface area contributed by atoms with Gasteiger partial charge >= 0.3 is 5.97 Å². The Morgan fingerprint density at radius 3 is 2.50 bits per heavy atom. The number of nitrogens with zero attached hydrogens (tertiary/aromatic N) is 3. The molecule has 0 spiro atoms. The molecule has 2 unspecified atom stereocenters. The smallest absolute Gasteiger partial charge is 0.338 e. The van der Waals surface area contributed by atoms with Crippen molar-refractivity contribution in [1.82, 2.24) is 5.01 Å². The molecule has 0 radical (unpaired) electrons. The van der Waals surface area contributed by atoms with E-state index in [1.165, 1.54) is 0 Å². The van der Waals surface area contributed by atoms with E-state index in [1.54, 1.807) is 17.1 Å². The van der Waals surface area contributed by atoms with Gasteiger partial charge in [0.1, 0.15) is 18.8 Å². The van der Waals surface area contributed by atoms with Gasteiger partial charge in [0.05, 0.1) is 57.4 Å². The number of likely N-dealkylation sites (N-methyl/N-ethyl adjacent to an activating group) is 1. The molecule has 2 saturated heterocycles. The zero-order valence-corrected chi connectivity index (χ0v) is 16.3. The maximum Gasteiger partial charge on any atom is 0.338 e. The molecular formula is C19H27N3O6. The molecule has 9 heteroatoms. The van der Waals surface area contributed by atoms with Crippen LogP contribution in [0.25, 0.3) is 0 Å². The number of carbonyl (C=O) groups is 1. The van der Waals surface area contributed by atoms with Crippen molar-refractivity contribution in [3.8, 4) is 0 Å². The number of hydrogen-bond acceptors (Lipinski definition) is 8. The van der Waals surface area contributed by atoms with Gasteiger partial charge in [-0.25, -0.2) is 4.79 Å². The molecule has 1 aromatic rings. The van der Waals surface area contributed by atoms with Crippen LogP contribution < -0.4 is 0 Å². The molecule has 28 heavy (non-hydrogen) atoms. The molecule has 0 bridgehead atoms. The molecule has 0 saturated carbocycles. The molecule has 9 nitrogen and oxygen atoms in total. The maximum atomic E-state index is 12.2. The lowest BCUT2D eigenvalue weighted by Crippen LogP contribution is -2.18. The van der Waals surface area contributed by atoms with E-state index in [0.29, 0.717) is 44.2 Å². The molecule has 0 aromatic heterocycles. The summed E-state index contributed by atoms with van der Waals surface area (Å²) >= 11 is 0. The molecule has 1 aromatic carbocycles. The summed E-state index contributed by atoms with van der Waals surface area (Å²) in [4.78, 5) is 12.2. The van der Waals surface area contributed by atoms with Gasteiger partial charge in [-0.2, -0.15) is 0 Å². The Kier molecular flexibility index (Phi) is 7.72. The second kappa shape index (κ2) is 10.5. The first kappa shape index (κ1) is 20.7. The van der Waals surface area contributed by atoms with E-state index in [2.05, 4.69) is 10.3 Å². The third-order valence-corrected chi connectivity index (χ3v) is 4.18. The van der Waals surface area contributed by atoms with E-state index in [1.807, 2.05) is 20.0 Å². The van der Waals surface area contributed by atoms with Crippen LogP contribution in [0.15, 0.2) is 28.5 Å². The van der Waals surface area contributed by atoms with Crippen molar-refractivity contribution in [3.63, 3.8) is 0 Å². The average Bonchev–Trinajstić information content (AvgIpc) is 3.59. The Hall–Kier alpha value is -2.07. The van der Waals surface area contributed by atoms with Crippen LogP contribution in [-0.4, -0.2) is 83.0 Å². The van der Waals surface area contributed by atoms with Crippen molar-refractivity contribution in [3.05, 3.63) is 29.3 Å². The summed E-state index contributed by atoms with van der Waals surface area (Å²) in [5, 5.41) is 10.1. The van der Waals surface area contributed by atoms with Gasteiger partial charge < -0.3 is 23.7 Å². The number of carbonyl (C=O) groups excluding carboxylic acids is 1. The lowest BCUT2D eigenvalue weighted by molar-refractivity contribution is 0.0296. The first-order valence-corrected chi connectivity index (χ1v) is 9.41. The van der Waals surface area contributed by atoms with Crippen LogP contribution in [0.1, 0.15) is 15.9 Å². The molecule has 2 fully saturated rings.